The Morgan fingerprint density at radius 1 is 0.967 bits per heavy atom. The summed E-state index contributed by atoms with van der Waals surface area (Å²) in [6.07, 6.45) is 3.79. The molecule has 6 nitrogen and oxygen atoms in total. The number of hydrogen-bond acceptors (Lipinski definition) is 4. The summed E-state index contributed by atoms with van der Waals surface area (Å²) in [5.74, 6) is -0.123. The number of sulfonamides is 1. The van der Waals surface area contributed by atoms with Crippen molar-refractivity contribution in [3.05, 3.63) is 59.7 Å². The summed E-state index contributed by atoms with van der Waals surface area (Å²) in [6, 6.07) is 14.6. The van der Waals surface area contributed by atoms with E-state index in [1.807, 2.05) is 13.0 Å². The number of nitrogens with zero attached hydrogens (tertiary/aromatic N) is 2. The van der Waals surface area contributed by atoms with Crippen molar-refractivity contribution in [2.24, 2.45) is 0 Å². The van der Waals surface area contributed by atoms with Gasteiger partial charge in [-0.2, -0.15) is 4.31 Å². The molecule has 0 saturated carbocycles. The second kappa shape index (κ2) is 8.88. The number of nitrogens with one attached hydrogen (secondary N) is 1. The van der Waals surface area contributed by atoms with Gasteiger partial charge in [0.1, 0.15) is 0 Å². The molecule has 2 aromatic rings. The highest BCUT2D eigenvalue weighted by Crippen LogP contribution is 2.24. The number of carbonyl (C=O) groups excluding carboxylic acids is 1. The van der Waals surface area contributed by atoms with Crippen molar-refractivity contribution in [1.29, 1.82) is 0 Å². The third-order valence-corrected chi connectivity index (χ3v) is 8.04. The second-order valence-corrected chi connectivity index (χ2v) is 10.1. The van der Waals surface area contributed by atoms with E-state index in [0.717, 1.165) is 38.8 Å². The average molecular weight is 428 g/mol. The molecule has 2 aliphatic rings. The fourth-order valence-electron chi connectivity index (χ4n) is 4.25. The highest BCUT2D eigenvalue weighted by atomic mass is 32.2. The quantitative estimate of drug-likeness (QED) is 0.795. The molecule has 160 valence electrons. The molecule has 0 aliphatic carbocycles. The summed E-state index contributed by atoms with van der Waals surface area (Å²) < 4.78 is 27.4. The van der Waals surface area contributed by atoms with Crippen LogP contribution in [0.2, 0.25) is 0 Å². The Bertz CT molecular complexity index is 1020. The SMILES string of the molecule is CC(C(=O)Nc1cccc(S(=O)(=O)N2CCCCC2)c1)N1CCc2ccccc2C1. The Hall–Kier alpha value is -2.22. The van der Waals surface area contributed by atoms with Crippen LogP contribution in [0.25, 0.3) is 0 Å². The van der Waals surface area contributed by atoms with Gasteiger partial charge in [0.15, 0.2) is 0 Å². The summed E-state index contributed by atoms with van der Waals surface area (Å²) in [5.41, 5.74) is 3.12. The Balaban J connectivity index is 1.44. The fourth-order valence-corrected chi connectivity index (χ4v) is 5.81. The molecular weight excluding hydrogens is 398 g/mol. The molecule has 1 atom stereocenters. The second-order valence-electron chi connectivity index (χ2n) is 8.15. The Morgan fingerprint density at radius 2 is 1.70 bits per heavy atom. The lowest BCUT2D eigenvalue weighted by molar-refractivity contribution is -0.121. The molecule has 0 aromatic heterocycles. The Labute approximate surface area is 178 Å². The Morgan fingerprint density at radius 3 is 2.47 bits per heavy atom. The molecule has 1 saturated heterocycles. The molecule has 1 fully saturated rings. The number of rotatable bonds is 5. The smallest absolute Gasteiger partial charge is 0.243 e. The van der Waals surface area contributed by atoms with Crippen LogP contribution in [-0.4, -0.2) is 49.2 Å². The van der Waals surface area contributed by atoms with Crippen molar-refractivity contribution in [3.63, 3.8) is 0 Å². The van der Waals surface area contributed by atoms with E-state index in [2.05, 4.69) is 28.4 Å². The maximum Gasteiger partial charge on any atom is 0.243 e. The van der Waals surface area contributed by atoms with E-state index in [1.165, 1.54) is 11.1 Å². The summed E-state index contributed by atoms with van der Waals surface area (Å²) >= 11 is 0. The third kappa shape index (κ3) is 4.43. The summed E-state index contributed by atoms with van der Waals surface area (Å²) in [5, 5.41) is 2.91. The number of benzene rings is 2. The van der Waals surface area contributed by atoms with Crippen LogP contribution < -0.4 is 5.32 Å². The van der Waals surface area contributed by atoms with Gasteiger partial charge in [0.2, 0.25) is 15.9 Å². The molecule has 2 heterocycles. The van der Waals surface area contributed by atoms with Gasteiger partial charge in [-0.1, -0.05) is 36.8 Å². The van der Waals surface area contributed by atoms with Crippen LogP contribution in [0.15, 0.2) is 53.4 Å². The maximum atomic E-state index is 12.9. The fraction of sp³-hybridized carbons (Fsp3) is 0.435. The molecule has 0 bridgehead atoms. The maximum absolute atomic E-state index is 12.9. The van der Waals surface area contributed by atoms with E-state index >= 15 is 0 Å². The summed E-state index contributed by atoms with van der Waals surface area (Å²) in [7, 11) is -3.52. The minimum absolute atomic E-state index is 0.123. The zero-order valence-electron chi connectivity index (χ0n) is 17.4. The van der Waals surface area contributed by atoms with Gasteiger partial charge in [0.25, 0.3) is 0 Å². The zero-order chi connectivity index (χ0) is 21.1. The predicted octanol–water partition coefficient (Wildman–Crippen LogP) is 3.25. The van der Waals surface area contributed by atoms with Crippen molar-refractivity contribution in [2.45, 2.75) is 50.1 Å². The van der Waals surface area contributed by atoms with Gasteiger partial charge in [0.05, 0.1) is 10.9 Å². The summed E-state index contributed by atoms with van der Waals surface area (Å²) in [6.45, 7) is 4.60. The minimum atomic E-state index is -3.52. The largest absolute Gasteiger partial charge is 0.325 e. The molecule has 2 aliphatic heterocycles. The molecule has 4 rings (SSSR count). The van der Waals surface area contributed by atoms with Gasteiger partial charge < -0.3 is 5.32 Å². The molecule has 1 N–H and O–H groups in total. The van der Waals surface area contributed by atoms with Crippen LogP contribution in [0.1, 0.15) is 37.3 Å². The normalized spacial score (nSPS) is 19.1. The lowest BCUT2D eigenvalue weighted by atomic mass is 9.99. The average Bonchev–Trinajstić information content (AvgIpc) is 2.79. The highest BCUT2D eigenvalue weighted by Gasteiger charge is 2.27. The molecule has 1 unspecified atom stereocenters. The third-order valence-electron chi connectivity index (χ3n) is 6.14. The molecule has 0 spiro atoms. The van der Waals surface area contributed by atoms with Crippen molar-refractivity contribution >= 4 is 21.6 Å². The van der Waals surface area contributed by atoms with Crippen molar-refractivity contribution in [3.8, 4) is 0 Å². The van der Waals surface area contributed by atoms with Crippen LogP contribution in [0.3, 0.4) is 0 Å². The lowest BCUT2D eigenvalue weighted by Gasteiger charge is -2.33. The molecule has 0 radical (unpaired) electrons. The first kappa shape index (κ1) is 21.0. The van der Waals surface area contributed by atoms with Gasteiger partial charge in [-0.15, -0.1) is 0 Å². The first-order valence-electron chi connectivity index (χ1n) is 10.7. The Kier molecular flexibility index (Phi) is 6.22. The van der Waals surface area contributed by atoms with E-state index in [4.69, 9.17) is 0 Å². The highest BCUT2D eigenvalue weighted by molar-refractivity contribution is 7.89. The van der Waals surface area contributed by atoms with Gasteiger partial charge in [0, 0.05) is 31.9 Å². The lowest BCUT2D eigenvalue weighted by Crippen LogP contribution is -2.44. The minimum Gasteiger partial charge on any atom is -0.325 e. The van der Waals surface area contributed by atoms with Crippen LogP contribution in [0, 0.1) is 0 Å². The topological polar surface area (TPSA) is 69.7 Å². The van der Waals surface area contributed by atoms with Gasteiger partial charge in [-0.3, -0.25) is 9.69 Å². The number of fused-ring (bicyclic) bond motifs is 1. The predicted molar refractivity (Wildman–Crippen MR) is 118 cm³/mol. The van der Waals surface area contributed by atoms with Crippen molar-refractivity contribution in [1.82, 2.24) is 9.21 Å². The number of anilines is 1. The van der Waals surface area contributed by atoms with Gasteiger partial charge >= 0.3 is 0 Å². The molecule has 2 aromatic carbocycles. The molecule has 7 heteroatoms. The van der Waals surface area contributed by atoms with E-state index in [-0.39, 0.29) is 16.8 Å². The van der Waals surface area contributed by atoms with Crippen molar-refractivity contribution < 1.29 is 13.2 Å². The zero-order valence-corrected chi connectivity index (χ0v) is 18.2. The first-order chi connectivity index (χ1) is 14.4. The van der Waals surface area contributed by atoms with Crippen LogP contribution in [-0.2, 0) is 27.8 Å². The van der Waals surface area contributed by atoms with Crippen LogP contribution >= 0.6 is 0 Å². The monoisotopic (exact) mass is 427 g/mol. The van der Waals surface area contributed by atoms with Crippen LogP contribution in [0.4, 0.5) is 5.69 Å². The number of amides is 1. The van der Waals surface area contributed by atoms with Crippen LogP contribution in [0.5, 0.6) is 0 Å². The standard InChI is InChI=1S/C23H29N3O3S/c1-18(25-15-12-19-8-3-4-9-20(19)17-25)23(27)24-21-10-7-11-22(16-21)30(28,29)26-13-5-2-6-14-26/h3-4,7-11,16,18H,2,5-6,12-15,17H2,1H3,(H,24,27). The summed E-state index contributed by atoms with van der Waals surface area (Å²) in [4.78, 5) is 15.3. The number of carbonyl (C=O) groups is 1. The van der Waals surface area contributed by atoms with Gasteiger partial charge in [-0.25, -0.2) is 8.42 Å². The molecular formula is C23H29N3O3S. The first-order valence-corrected chi connectivity index (χ1v) is 12.1. The van der Waals surface area contributed by atoms with Crippen molar-refractivity contribution in [2.75, 3.05) is 25.0 Å². The molecule has 1 amide bonds. The van der Waals surface area contributed by atoms with Gasteiger partial charge in [-0.05, 0) is 55.5 Å². The van der Waals surface area contributed by atoms with E-state index < -0.39 is 10.0 Å². The number of piperidine rings is 1. The van der Waals surface area contributed by atoms with E-state index in [0.29, 0.717) is 18.8 Å². The molecule has 30 heavy (non-hydrogen) atoms. The van der Waals surface area contributed by atoms with E-state index in [1.54, 1.807) is 28.6 Å². The number of hydrogen-bond donors (Lipinski definition) is 1. The van der Waals surface area contributed by atoms with E-state index in [9.17, 15) is 13.2 Å².